The Morgan fingerprint density at radius 1 is 1.11 bits per heavy atom. The van der Waals surface area contributed by atoms with Crippen LogP contribution >= 0.6 is 22.9 Å². The van der Waals surface area contributed by atoms with Crippen LogP contribution in [0.5, 0.6) is 0 Å². The summed E-state index contributed by atoms with van der Waals surface area (Å²) in [6.07, 6.45) is 0.863. The van der Waals surface area contributed by atoms with E-state index < -0.39 is 23.6 Å². The number of imidazole rings is 1. The number of aromatic nitrogens is 3. The number of oxime groups is 1. The molecule has 4 heterocycles. The zero-order valence-corrected chi connectivity index (χ0v) is 21.5. The SMILES string of the molecule is O=C(Cn1c(Cl)nc2ccc(F)cc21)N1CCC(c2nc(C3=NOC(c4c(F)cccc4F)C3)cs2)CC1. The molecule has 2 aliphatic rings. The molecule has 0 bridgehead atoms. The largest absolute Gasteiger partial charge is 0.387 e. The number of piperidine rings is 1. The van der Waals surface area contributed by atoms with Crippen LogP contribution in [-0.4, -0.2) is 44.1 Å². The monoisotopic (exact) mass is 559 g/mol. The number of hydrogen-bond donors (Lipinski definition) is 0. The first-order chi connectivity index (χ1) is 18.4. The molecular formula is C26H21ClF3N5O2S. The summed E-state index contributed by atoms with van der Waals surface area (Å²) in [7, 11) is 0. The fourth-order valence-electron chi connectivity index (χ4n) is 4.94. The van der Waals surface area contributed by atoms with Crippen molar-refractivity contribution in [1.82, 2.24) is 19.4 Å². The Morgan fingerprint density at radius 3 is 2.63 bits per heavy atom. The molecule has 1 unspecified atom stereocenters. The maximum absolute atomic E-state index is 14.1. The number of fused-ring (bicyclic) bond motifs is 1. The van der Waals surface area contributed by atoms with Crippen molar-refractivity contribution in [3.63, 3.8) is 0 Å². The smallest absolute Gasteiger partial charge is 0.242 e. The molecule has 0 spiro atoms. The van der Waals surface area contributed by atoms with E-state index in [0.717, 1.165) is 17.8 Å². The van der Waals surface area contributed by atoms with Crippen LogP contribution in [0.25, 0.3) is 11.0 Å². The lowest BCUT2D eigenvalue weighted by Gasteiger charge is -2.31. The van der Waals surface area contributed by atoms with Crippen LogP contribution in [0.4, 0.5) is 13.2 Å². The zero-order chi connectivity index (χ0) is 26.4. The summed E-state index contributed by atoms with van der Waals surface area (Å²) in [6, 6.07) is 7.87. The standard InChI is InChI=1S/C26H21ClF3N5O2S/c27-26-32-18-5-4-15(28)10-21(18)35(26)12-23(36)34-8-6-14(7-9-34)25-31-20(13-38-25)19-11-22(37-33-19)24-16(29)2-1-3-17(24)30/h1-5,10,13-14,22H,6-9,11-12H2. The molecule has 7 nitrogen and oxygen atoms in total. The molecule has 2 aromatic heterocycles. The normalized spacial score (nSPS) is 18.2. The van der Waals surface area contributed by atoms with E-state index in [1.54, 1.807) is 4.90 Å². The van der Waals surface area contributed by atoms with Gasteiger partial charge in [-0.25, -0.2) is 23.1 Å². The molecule has 6 rings (SSSR count). The van der Waals surface area contributed by atoms with Crippen LogP contribution in [-0.2, 0) is 16.2 Å². The number of hydrogen-bond acceptors (Lipinski definition) is 6. The summed E-state index contributed by atoms with van der Waals surface area (Å²) in [6.45, 7) is 1.08. The molecule has 0 aliphatic carbocycles. The Hall–Kier alpha value is -3.44. The van der Waals surface area contributed by atoms with Crippen molar-refractivity contribution in [3.05, 3.63) is 80.8 Å². The van der Waals surface area contributed by atoms with E-state index in [0.29, 0.717) is 35.5 Å². The molecule has 1 saturated heterocycles. The molecular weight excluding hydrogens is 539 g/mol. The average Bonchev–Trinajstić information content (AvgIpc) is 3.64. The topological polar surface area (TPSA) is 72.6 Å². The van der Waals surface area contributed by atoms with Gasteiger partial charge >= 0.3 is 0 Å². The first-order valence-corrected chi connectivity index (χ1v) is 13.3. The van der Waals surface area contributed by atoms with Crippen molar-refractivity contribution in [2.45, 2.75) is 37.8 Å². The lowest BCUT2D eigenvalue weighted by atomic mass is 9.97. The molecule has 2 aliphatic heterocycles. The van der Waals surface area contributed by atoms with Crippen molar-refractivity contribution in [3.8, 4) is 0 Å². The quantitative estimate of drug-likeness (QED) is 0.308. The Bertz CT molecular complexity index is 1540. The maximum atomic E-state index is 14.1. The second-order valence-electron chi connectivity index (χ2n) is 9.30. The predicted octanol–water partition coefficient (Wildman–Crippen LogP) is 5.84. The maximum Gasteiger partial charge on any atom is 0.242 e. The van der Waals surface area contributed by atoms with Gasteiger partial charge in [-0.2, -0.15) is 0 Å². The van der Waals surface area contributed by atoms with E-state index in [1.807, 2.05) is 5.38 Å². The third-order valence-electron chi connectivity index (χ3n) is 6.96. The Labute approximate surface area is 224 Å². The van der Waals surface area contributed by atoms with Crippen molar-refractivity contribution >= 4 is 45.6 Å². The van der Waals surface area contributed by atoms with Crippen LogP contribution in [0, 0.1) is 17.5 Å². The number of nitrogens with zero attached hydrogens (tertiary/aromatic N) is 5. The van der Waals surface area contributed by atoms with Gasteiger partial charge in [0.05, 0.1) is 27.3 Å². The van der Waals surface area contributed by atoms with Crippen LogP contribution in [0.1, 0.15) is 47.5 Å². The molecule has 1 atom stereocenters. The molecule has 196 valence electrons. The third-order valence-corrected chi connectivity index (χ3v) is 8.26. The van der Waals surface area contributed by atoms with Crippen molar-refractivity contribution < 1.29 is 22.8 Å². The van der Waals surface area contributed by atoms with Gasteiger partial charge in [-0.15, -0.1) is 11.3 Å². The van der Waals surface area contributed by atoms with Gasteiger partial charge < -0.3 is 14.3 Å². The summed E-state index contributed by atoms with van der Waals surface area (Å²) < 4.78 is 43.5. The molecule has 2 aromatic carbocycles. The molecule has 0 N–H and O–H groups in total. The number of halogens is 4. The molecule has 0 radical (unpaired) electrons. The summed E-state index contributed by atoms with van der Waals surface area (Å²) in [5.41, 5.74) is 2.07. The second-order valence-corrected chi connectivity index (χ2v) is 10.5. The van der Waals surface area contributed by atoms with Gasteiger partial charge in [0.15, 0.2) is 6.10 Å². The number of carbonyl (C=O) groups excluding carboxylic acids is 1. The minimum Gasteiger partial charge on any atom is -0.387 e. The molecule has 4 aromatic rings. The van der Waals surface area contributed by atoms with E-state index in [2.05, 4.69) is 10.1 Å². The van der Waals surface area contributed by atoms with Gasteiger partial charge in [0.25, 0.3) is 0 Å². The number of amides is 1. The average molecular weight is 560 g/mol. The molecule has 1 amide bonds. The number of benzene rings is 2. The Kier molecular flexibility index (Phi) is 6.56. The van der Waals surface area contributed by atoms with Crippen molar-refractivity contribution in [2.75, 3.05) is 13.1 Å². The van der Waals surface area contributed by atoms with Crippen LogP contribution in [0.2, 0.25) is 5.28 Å². The van der Waals surface area contributed by atoms with E-state index in [9.17, 15) is 18.0 Å². The second kappa shape index (κ2) is 10.0. The fourth-order valence-corrected chi connectivity index (χ4v) is 6.18. The van der Waals surface area contributed by atoms with E-state index >= 15 is 0 Å². The molecule has 38 heavy (non-hydrogen) atoms. The lowest BCUT2D eigenvalue weighted by Crippen LogP contribution is -2.39. The van der Waals surface area contributed by atoms with Crippen molar-refractivity contribution in [2.24, 2.45) is 5.16 Å². The molecule has 0 saturated carbocycles. The van der Waals surface area contributed by atoms with Gasteiger partial charge in [-0.1, -0.05) is 11.2 Å². The first-order valence-electron chi connectivity index (χ1n) is 12.1. The van der Waals surface area contributed by atoms with E-state index in [-0.39, 0.29) is 35.6 Å². The Balaban J connectivity index is 1.07. The molecule has 12 heteroatoms. The predicted molar refractivity (Wildman–Crippen MR) is 137 cm³/mol. The van der Waals surface area contributed by atoms with Gasteiger partial charge in [-0.05, 0) is 54.8 Å². The van der Waals surface area contributed by atoms with Crippen LogP contribution < -0.4 is 0 Å². The summed E-state index contributed by atoms with van der Waals surface area (Å²) in [5, 5.41) is 6.98. The van der Waals surface area contributed by atoms with E-state index in [1.165, 1.54) is 52.3 Å². The van der Waals surface area contributed by atoms with Gasteiger partial charge in [-0.3, -0.25) is 4.79 Å². The lowest BCUT2D eigenvalue weighted by molar-refractivity contribution is -0.132. The highest BCUT2D eigenvalue weighted by Crippen LogP contribution is 2.35. The van der Waals surface area contributed by atoms with Crippen LogP contribution in [0.3, 0.4) is 0 Å². The first kappa shape index (κ1) is 24.9. The summed E-state index contributed by atoms with van der Waals surface area (Å²) in [4.78, 5) is 29.0. The highest BCUT2D eigenvalue weighted by atomic mass is 35.5. The van der Waals surface area contributed by atoms with Gasteiger partial charge in [0.1, 0.15) is 29.7 Å². The van der Waals surface area contributed by atoms with Gasteiger partial charge in [0.2, 0.25) is 11.2 Å². The van der Waals surface area contributed by atoms with E-state index in [4.69, 9.17) is 21.4 Å². The Morgan fingerprint density at radius 2 is 1.87 bits per heavy atom. The number of carbonyl (C=O) groups is 1. The summed E-state index contributed by atoms with van der Waals surface area (Å²) in [5.74, 6) is -1.69. The zero-order valence-electron chi connectivity index (χ0n) is 19.9. The van der Waals surface area contributed by atoms with Gasteiger partial charge in [0, 0.05) is 30.8 Å². The van der Waals surface area contributed by atoms with Crippen LogP contribution in [0.15, 0.2) is 46.9 Å². The summed E-state index contributed by atoms with van der Waals surface area (Å²) >= 11 is 7.72. The van der Waals surface area contributed by atoms with Crippen molar-refractivity contribution in [1.29, 1.82) is 0 Å². The number of rotatable bonds is 5. The highest BCUT2D eigenvalue weighted by molar-refractivity contribution is 7.10. The third kappa shape index (κ3) is 4.64. The molecule has 1 fully saturated rings. The minimum absolute atomic E-state index is 0.0194. The fraction of sp³-hybridized carbons (Fsp3) is 0.308. The minimum atomic E-state index is -0.830. The number of thiazole rings is 1. The highest BCUT2D eigenvalue weighted by Gasteiger charge is 2.31. The number of likely N-dealkylation sites (tertiary alicyclic amines) is 1.